The number of benzene rings is 1. The minimum Gasteiger partial charge on any atom is -0.491 e. The summed E-state index contributed by atoms with van der Waals surface area (Å²) in [5.41, 5.74) is 4.99. The van der Waals surface area contributed by atoms with Crippen LogP contribution in [0.1, 0.15) is 96.3 Å². The molecule has 0 radical (unpaired) electrons. The highest BCUT2D eigenvalue weighted by Crippen LogP contribution is 2.53. The van der Waals surface area contributed by atoms with Crippen LogP contribution in [-0.4, -0.2) is 24.0 Å². The smallest absolute Gasteiger partial charge is 0.245 e. The molecule has 3 aliphatic rings. The van der Waals surface area contributed by atoms with Crippen LogP contribution >= 0.6 is 0 Å². The molecule has 1 aromatic carbocycles. The molecule has 1 fully saturated rings. The molecule has 1 atom stereocenters. The van der Waals surface area contributed by atoms with Crippen molar-refractivity contribution in [2.24, 2.45) is 0 Å². The van der Waals surface area contributed by atoms with E-state index in [0.29, 0.717) is 6.61 Å². The molecular formula is C32H47NO2. The number of hydrogen-bond acceptors (Lipinski definition) is 2. The number of fused-ring (bicyclic) bond motifs is 3. The molecule has 1 unspecified atom stereocenters. The summed E-state index contributed by atoms with van der Waals surface area (Å²) >= 11 is 0. The Morgan fingerprint density at radius 3 is 2.23 bits per heavy atom. The third-order valence-electron chi connectivity index (χ3n) is 7.03. The lowest BCUT2D eigenvalue weighted by Crippen LogP contribution is -2.40. The van der Waals surface area contributed by atoms with Crippen molar-refractivity contribution in [3.63, 3.8) is 0 Å². The molecule has 3 heteroatoms. The summed E-state index contributed by atoms with van der Waals surface area (Å²) < 4.78 is 6.23. The summed E-state index contributed by atoms with van der Waals surface area (Å²) in [6.45, 7) is 19.2. The lowest BCUT2D eigenvalue weighted by atomic mass is 9.75. The molecule has 4 rings (SSSR count). The topological polar surface area (TPSA) is 29.5 Å². The van der Waals surface area contributed by atoms with Gasteiger partial charge in [-0.05, 0) is 60.9 Å². The van der Waals surface area contributed by atoms with Gasteiger partial charge in [0.15, 0.2) is 0 Å². The maximum Gasteiger partial charge on any atom is 0.245 e. The van der Waals surface area contributed by atoms with Crippen LogP contribution in [0.2, 0.25) is 0 Å². The highest BCUT2D eigenvalue weighted by Gasteiger charge is 2.58. The number of carbonyl (C=O) groups is 1. The van der Waals surface area contributed by atoms with Crippen LogP contribution in [0, 0.1) is 0 Å². The minimum atomic E-state index is -0.773. The fourth-order valence-electron chi connectivity index (χ4n) is 5.43. The third kappa shape index (κ3) is 5.66. The van der Waals surface area contributed by atoms with Gasteiger partial charge in [0.05, 0.1) is 0 Å². The summed E-state index contributed by atoms with van der Waals surface area (Å²) in [5.74, 6) is 1.02. The van der Waals surface area contributed by atoms with Gasteiger partial charge >= 0.3 is 0 Å². The molecule has 1 saturated heterocycles. The number of aryl methyl sites for hydroxylation is 2. The van der Waals surface area contributed by atoms with Crippen LogP contribution in [0.15, 0.2) is 60.9 Å². The number of hydrogen-bond donors (Lipinski definition) is 0. The fraction of sp³-hybridized carbons (Fsp3) is 0.531. The molecule has 1 amide bonds. The standard InChI is InChI=1S/C28H35NO2.2C2H6/c1-4-7-8-12-17-29-25(14-6-3)23(13-5-2)28(27(29)30)20-31-26-19-22-16-11-9-10-15-21(22)18-24(26)28;2*1-2/h5-6,13-14,18-19H,2-4,7-12,15-17,20H2,1H3;2*1-2H3/b23-13+,25-14+;;. The third-order valence-corrected chi connectivity index (χ3v) is 7.03. The number of ether oxygens (including phenoxy) is 1. The Morgan fingerprint density at radius 1 is 0.943 bits per heavy atom. The van der Waals surface area contributed by atoms with Crippen molar-refractivity contribution in [1.82, 2.24) is 4.90 Å². The largest absolute Gasteiger partial charge is 0.491 e. The number of unbranched alkanes of at least 4 members (excludes halogenated alkanes) is 3. The molecule has 0 saturated carbocycles. The Balaban J connectivity index is 0.00000103. The van der Waals surface area contributed by atoms with Gasteiger partial charge in [-0.25, -0.2) is 0 Å². The molecule has 0 aromatic heterocycles. The molecule has 1 aromatic rings. The van der Waals surface area contributed by atoms with Crippen LogP contribution in [0.5, 0.6) is 5.75 Å². The normalized spacial score (nSPS) is 22.4. The van der Waals surface area contributed by atoms with Crippen LogP contribution in [0.3, 0.4) is 0 Å². The second-order valence-electron chi connectivity index (χ2n) is 8.99. The first-order valence-electron chi connectivity index (χ1n) is 13.9. The molecule has 1 aliphatic carbocycles. The number of carbonyl (C=O) groups excluding carboxylic acids is 1. The number of allylic oxidation sites excluding steroid dienone is 5. The van der Waals surface area contributed by atoms with Gasteiger partial charge < -0.3 is 9.64 Å². The zero-order valence-electron chi connectivity index (χ0n) is 22.9. The maximum atomic E-state index is 14.1. The van der Waals surface area contributed by atoms with Gasteiger partial charge in [0, 0.05) is 17.8 Å². The van der Waals surface area contributed by atoms with E-state index in [2.05, 4.69) is 32.2 Å². The number of nitrogens with zero attached hydrogens (tertiary/aromatic N) is 1. The molecule has 0 N–H and O–H groups in total. The first-order valence-corrected chi connectivity index (χ1v) is 13.9. The van der Waals surface area contributed by atoms with E-state index >= 15 is 0 Å². The van der Waals surface area contributed by atoms with Crippen molar-refractivity contribution in [1.29, 1.82) is 0 Å². The Bertz CT molecular complexity index is 939. The average molecular weight is 478 g/mol. The number of rotatable bonds is 7. The lowest BCUT2D eigenvalue weighted by Gasteiger charge is -2.23. The van der Waals surface area contributed by atoms with E-state index in [9.17, 15) is 4.79 Å². The first kappa shape index (κ1) is 28.7. The second kappa shape index (κ2) is 14.1. The SMILES string of the molecule is C=C/C=C1\C(=C/C=C)N(CCCCCC)C(=O)C12COc1cc3c(cc12)CCCCC3.CC.CC. The average Bonchev–Trinajstić information content (AvgIpc) is 3.23. The molecule has 192 valence electrons. The van der Waals surface area contributed by atoms with Crippen molar-refractivity contribution >= 4 is 5.91 Å². The van der Waals surface area contributed by atoms with Crippen molar-refractivity contribution in [2.75, 3.05) is 13.2 Å². The summed E-state index contributed by atoms with van der Waals surface area (Å²) in [4.78, 5) is 16.0. The monoisotopic (exact) mass is 477 g/mol. The van der Waals surface area contributed by atoms with E-state index in [1.165, 1.54) is 43.2 Å². The van der Waals surface area contributed by atoms with Gasteiger partial charge in [-0.1, -0.05) is 97.8 Å². The minimum absolute atomic E-state index is 0.137. The predicted molar refractivity (Wildman–Crippen MR) is 150 cm³/mol. The zero-order valence-corrected chi connectivity index (χ0v) is 22.9. The van der Waals surface area contributed by atoms with E-state index in [-0.39, 0.29) is 5.91 Å². The van der Waals surface area contributed by atoms with Crippen LogP contribution in [-0.2, 0) is 23.1 Å². The second-order valence-corrected chi connectivity index (χ2v) is 8.99. The molecule has 35 heavy (non-hydrogen) atoms. The van der Waals surface area contributed by atoms with Gasteiger partial charge in [0.1, 0.15) is 17.8 Å². The lowest BCUT2D eigenvalue weighted by molar-refractivity contribution is -0.131. The van der Waals surface area contributed by atoms with Gasteiger partial charge in [-0.15, -0.1) is 0 Å². The summed E-state index contributed by atoms with van der Waals surface area (Å²) in [5, 5.41) is 0. The highest BCUT2D eigenvalue weighted by atomic mass is 16.5. The zero-order chi connectivity index (χ0) is 25.8. The molecule has 2 heterocycles. The first-order chi connectivity index (χ1) is 17.2. The fourth-order valence-corrected chi connectivity index (χ4v) is 5.43. The summed E-state index contributed by atoms with van der Waals surface area (Å²) in [7, 11) is 0. The molecule has 2 aliphatic heterocycles. The maximum absolute atomic E-state index is 14.1. The van der Waals surface area contributed by atoms with Crippen molar-refractivity contribution in [2.45, 2.75) is 97.8 Å². The van der Waals surface area contributed by atoms with E-state index in [1.807, 2.05) is 44.7 Å². The number of likely N-dealkylation sites (tertiary alicyclic amines) is 1. The van der Waals surface area contributed by atoms with Crippen molar-refractivity contribution < 1.29 is 9.53 Å². The van der Waals surface area contributed by atoms with Crippen LogP contribution in [0.25, 0.3) is 0 Å². The summed E-state index contributed by atoms with van der Waals surface area (Å²) in [6, 6.07) is 4.49. The summed E-state index contributed by atoms with van der Waals surface area (Å²) in [6.07, 6.45) is 18.0. The predicted octanol–water partition coefficient (Wildman–Crippen LogP) is 8.24. The van der Waals surface area contributed by atoms with Crippen LogP contribution in [0.4, 0.5) is 0 Å². The van der Waals surface area contributed by atoms with Gasteiger partial charge in [-0.2, -0.15) is 0 Å². The Kier molecular flexibility index (Phi) is 11.6. The van der Waals surface area contributed by atoms with Gasteiger partial charge in [0.25, 0.3) is 0 Å². The highest BCUT2D eigenvalue weighted by molar-refractivity contribution is 6.01. The quantitative estimate of drug-likeness (QED) is 0.292. The van der Waals surface area contributed by atoms with E-state index in [0.717, 1.165) is 54.8 Å². The van der Waals surface area contributed by atoms with E-state index in [1.54, 1.807) is 12.2 Å². The van der Waals surface area contributed by atoms with E-state index < -0.39 is 5.41 Å². The van der Waals surface area contributed by atoms with Crippen LogP contribution < -0.4 is 4.74 Å². The number of amides is 1. The Hall–Kier alpha value is -2.55. The molecule has 1 spiro atoms. The molecule has 0 bridgehead atoms. The van der Waals surface area contributed by atoms with Gasteiger partial charge in [0.2, 0.25) is 5.91 Å². The van der Waals surface area contributed by atoms with Crippen molar-refractivity contribution in [3.8, 4) is 5.75 Å². The Labute approximate surface area is 214 Å². The van der Waals surface area contributed by atoms with Gasteiger partial charge in [-0.3, -0.25) is 4.79 Å². The molecular weight excluding hydrogens is 430 g/mol. The molecule has 3 nitrogen and oxygen atoms in total. The van der Waals surface area contributed by atoms with Crippen molar-refractivity contribution in [3.05, 3.63) is 77.6 Å². The Morgan fingerprint density at radius 2 is 1.60 bits per heavy atom. The van der Waals surface area contributed by atoms with E-state index in [4.69, 9.17) is 4.74 Å².